The van der Waals surface area contributed by atoms with E-state index in [1.165, 1.54) is 0 Å². The molecule has 1 unspecified atom stereocenters. The molecule has 6 heteroatoms. The summed E-state index contributed by atoms with van der Waals surface area (Å²) in [6, 6.07) is 7.54. The van der Waals surface area contributed by atoms with Crippen LogP contribution >= 0.6 is 0 Å². The molecule has 1 atom stereocenters. The molecule has 0 saturated carbocycles. The summed E-state index contributed by atoms with van der Waals surface area (Å²) in [6.07, 6.45) is 2.73. The Hall–Kier alpha value is -2.08. The first-order valence-corrected chi connectivity index (χ1v) is 8.26. The molecule has 0 bridgehead atoms. The minimum atomic E-state index is -0.0356. The zero-order valence-corrected chi connectivity index (χ0v) is 13.2. The number of hydrogen-bond donors (Lipinski definition) is 2. The number of hydrogen-bond acceptors (Lipinski definition) is 4. The number of carbonyl (C=O) groups is 2. The minimum absolute atomic E-state index is 0.0356. The molecular weight excluding hydrogens is 294 g/mol. The van der Waals surface area contributed by atoms with Gasteiger partial charge in [0.1, 0.15) is 5.75 Å². The Balaban J connectivity index is 1.47. The second-order valence-electron chi connectivity index (χ2n) is 5.99. The van der Waals surface area contributed by atoms with Gasteiger partial charge in [0.2, 0.25) is 5.91 Å². The Morgan fingerprint density at radius 2 is 2.26 bits per heavy atom. The van der Waals surface area contributed by atoms with Crippen LogP contribution in [0.4, 0.5) is 5.69 Å². The molecule has 2 heterocycles. The van der Waals surface area contributed by atoms with Gasteiger partial charge in [-0.1, -0.05) is 12.1 Å². The van der Waals surface area contributed by atoms with Gasteiger partial charge in [-0.3, -0.25) is 9.59 Å². The monoisotopic (exact) mass is 317 g/mol. The summed E-state index contributed by atoms with van der Waals surface area (Å²) < 4.78 is 5.42. The largest absolute Gasteiger partial charge is 0.482 e. The Morgan fingerprint density at radius 1 is 1.39 bits per heavy atom. The Labute approximate surface area is 136 Å². The number of nitrogens with zero attached hydrogens (tertiary/aromatic N) is 1. The van der Waals surface area contributed by atoms with Crippen molar-refractivity contribution in [2.24, 2.45) is 5.92 Å². The van der Waals surface area contributed by atoms with Gasteiger partial charge in [-0.25, -0.2) is 0 Å². The van der Waals surface area contributed by atoms with Crippen LogP contribution in [-0.4, -0.2) is 44.6 Å². The molecule has 2 aliphatic heterocycles. The molecule has 0 radical (unpaired) electrons. The SMILES string of the molecule is O=C(NCCCN1C(=O)COc2ccccc21)C1CCCNC1. The number of fused-ring (bicyclic) bond motifs is 1. The number of carbonyl (C=O) groups excluding carboxylic acids is 2. The van der Waals surface area contributed by atoms with Crippen LogP contribution in [0.15, 0.2) is 24.3 Å². The summed E-state index contributed by atoms with van der Waals surface area (Å²) in [5.41, 5.74) is 0.812. The number of amides is 2. The lowest BCUT2D eigenvalue weighted by molar-refractivity contribution is -0.125. The molecule has 124 valence electrons. The maximum absolute atomic E-state index is 12.1. The molecule has 1 aromatic carbocycles. The van der Waals surface area contributed by atoms with Crippen molar-refractivity contribution in [1.82, 2.24) is 10.6 Å². The number of para-hydroxylation sites is 2. The number of anilines is 1. The lowest BCUT2D eigenvalue weighted by atomic mass is 9.99. The van der Waals surface area contributed by atoms with Crippen molar-refractivity contribution < 1.29 is 14.3 Å². The summed E-state index contributed by atoms with van der Waals surface area (Å²) in [4.78, 5) is 25.8. The van der Waals surface area contributed by atoms with Crippen molar-refractivity contribution in [2.75, 3.05) is 37.7 Å². The Morgan fingerprint density at radius 3 is 3.09 bits per heavy atom. The van der Waals surface area contributed by atoms with E-state index in [0.29, 0.717) is 13.1 Å². The molecule has 2 aliphatic rings. The van der Waals surface area contributed by atoms with Crippen molar-refractivity contribution in [1.29, 1.82) is 0 Å². The van der Waals surface area contributed by atoms with Crippen LogP contribution in [0.1, 0.15) is 19.3 Å². The predicted octanol–water partition coefficient (Wildman–Crippen LogP) is 0.918. The standard InChI is InChI=1S/C17H23N3O3/c21-16-12-23-15-7-2-1-6-14(15)20(16)10-4-9-19-17(22)13-5-3-8-18-11-13/h1-2,6-7,13,18H,3-5,8-12H2,(H,19,22). The van der Waals surface area contributed by atoms with Crippen LogP contribution in [0.25, 0.3) is 0 Å². The molecule has 0 aliphatic carbocycles. The van der Waals surface area contributed by atoms with E-state index in [0.717, 1.165) is 43.8 Å². The minimum Gasteiger partial charge on any atom is -0.482 e. The first-order valence-electron chi connectivity index (χ1n) is 8.26. The maximum atomic E-state index is 12.1. The van der Waals surface area contributed by atoms with Crippen LogP contribution in [0.5, 0.6) is 5.75 Å². The number of benzene rings is 1. The van der Waals surface area contributed by atoms with Gasteiger partial charge in [0.25, 0.3) is 5.91 Å². The van der Waals surface area contributed by atoms with Gasteiger partial charge in [0.15, 0.2) is 6.61 Å². The third-order valence-electron chi connectivity index (χ3n) is 4.33. The predicted molar refractivity (Wildman–Crippen MR) is 87.5 cm³/mol. The Bertz CT molecular complexity index is 570. The van der Waals surface area contributed by atoms with E-state index in [1.807, 2.05) is 24.3 Å². The van der Waals surface area contributed by atoms with Gasteiger partial charge in [0.05, 0.1) is 11.6 Å². The highest BCUT2D eigenvalue weighted by atomic mass is 16.5. The highest BCUT2D eigenvalue weighted by molar-refractivity contribution is 5.97. The lowest BCUT2D eigenvalue weighted by Crippen LogP contribution is -2.42. The van der Waals surface area contributed by atoms with Crippen molar-refractivity contribution in [2.45, 2.75) is 19.3 Å². The van der Waals surface area contributed by atoms with Gasteiger partial charge in [-0.05, 0) is 37.9 Å². The normalized spacial score (nSPS) is 20.6. The van der Waals surface area contributed by atoms with E-state index in [2.05, 4.69) is 10.6 Å². The van der Waals surface area contributed by atoms with Crippen molar-refractivity contribution in [3.8, 4) is 5.75 Å². The fourth-order valence-electron chi connectivity index (χ4n) is 3.07. The topological polar surface area (TPSA) is 70.7 Å². The van der Waals surface area contributed by atoms with Gasteiger partial charge in [-0.15, -0.1) is 0 Å². The smallest absolute Gasteiger partial charge is 0.265 e. The highest BCUT2D eigenvalue weighted by Gasteiger charge is 2.25. The summed E-state index contributed by atoms with van der Waals surface area (Å²) in [7, 11) is 0. The molecule has 1 saturated heterocycles. The van der Waals surface area contributed by atoms with Crippen molar-refractivity contribution in [3.63, 3.8) is 0 Å². The van der Waals surface area contributed by atoms with Gasteiger partial charge >= 0.3 is 0 Å². The number of ether oxygens (including phenoxy) is 1. The summed E-state index contributed by atoms with van der Waals surface area (Å²) in [5.74, 6) is 0.899. The molecule has 3 rings (SSSR count). The fraction of sp³-hybridized carbons (Fsp3) is 0.529. The van der Waals surface area contributed by atoms with E-state index in [9.17, 15) is 9.59 Å². The van der Waals surface area contributed by atoms with Gasteiger partial charge in [-0.2, -0.15) is 0 Å². The molecule has 0 aromatic heterocycles. The van der Waals surface area contributed by atoms with E-state index < -0.39 is 0 Å². The molecule has 0 spiro atoms. The molecule has 2 N–H and O–H groups in total. The van der Waals surface area contributed by atoms with Crippen molar-refractivity contribution >= 4 is 17.5 Å². The number of nitrogens with one attached hydrogen (secondary N) is 2. The van der Waals surface area contributed by atoms with E-state index in [1.54, 1.807) is 4.90 Å². The average molecular weight is 317 g/mol. The third kappa shape index (κ3) is 3.82. The van der Waals surface area contributed by atoms with Crippen LogP contribution in [0.2, 0.25) is 0 Å². The molecule has 1 fully saturated rings. The second kappa shape index (κ2) is 7.46. The first kappa shape index (κ1) is 15.8. The average Bonchev–Trinajstić information content (AvgIpc) is 2.60. The third-order valence-corrected chi connectivity index (χ3v) is 4.33. The van der Waals surface area contributed by atoms with E-state index >= 15 is 0 Å². The quantitative estimate of drug-likeness (QED) is 0.792. The molecular formula is C17H23N3O3. The lowest BCUT2D eigenvalue weighted by Gasteiger charge is -2.29. The zero-order valence-electron chi connectivity index (χ0n) is 13.2. The van der Waals surface area contributed by atoms with Crippen LogP contribution in [0, 0.1) is 5.92 Å². The summed E-state index contributed by atoms with van der Waals surface area (Å²) in [5, 5.41) is 6.23. The van der Waals surface area contributed by atoms with Crippen molar-refractivity contribution in [3.05, 3.63) is 24.3 Å². The summed E-state index contributed by atoms with van der Waals surface area (Å²) in [6.45, 7) is 3.02. The highest BCUT2D eigenvalue weighted by Crippen LogP contribution is 2.31. The number of piperidine rings is 1. The van der Waals surface area contributed by atoms with Crippen LogP contribution in [-0.2, 0) is 9.59 Å². The molecule has 6 nitrogen and oxygen atoms in total. The van der Waals surface area contributed by atoms with Gasteiger partial charge in [0, 0.05) is 19.6 Å². The maximum Gasteiger partial charge on any atom is 0.265 e. The molecule has 1 aromatic rings. The van der Waals surface area contributed by atoms with Gasteiger partial charge < -0.3 is 20.3 Å². The zero-order chi connectivity index (χ0) is 16.1. The second-order valence-corrected chi connectivity index (χ2v) is 5.99. The van der Waals surface area contributed by atoms with Crippen LogP contribution < -0.4 is 20.3 Å². The summed E-state index contributed by atoms with van der Waals surface area (Å²) >= 11 is 0. The van der Waals surface area contributed by atoms with E-state index in [-0.39, 0.29) is 24.3 Å². The molecule has 23 heavy (non-hydrogen) atoms. The van der Waals surface area contributed by atoms with E-state index in [4.69, 9.17) is 4.74 Å². The fourth-order valence-corrected chi connectivity index (χ4v) is 3.07. The van der Waals surface area contributed by atoms with Crippen LogP contribution in [0.3, 0.4) is 0 Å². The first-order chi connectivity index (χ1) is 11.3. The number of rotatable bonds is 5. The molecule has 2 amide bonds. The Kier molecular flexibility index (Phi) is 5.12.